The van der Waals surface area contributed by atoms with Crippen molar-refractivity contribution >= 4 is 17.6 Å². The van der Waals surface area contributed by atoms with Gasteiger partial charge < -0.3 is 15.1 Å². The largest absolute Gasteiger partial charge is 0.469 e. The van der Waals surface area contributed by atoms with Crippen LogP contribution in [-0.4, -0.2) is 19.0 Å². The molecule has 0 spiro atoms. The molecule has 5 heteroatoms. The van der Waals surface area contributed by atoms with Crippen molar-refractivity contribution in [3.63, 3.8) is 0 Å². The Morgan fingerprint density at radius 3 is 2.67 bits per heavy atom. The number of halogens is 1. The topological polar surface area (TPSA) is 49.6 Å². The van der Waals surface area contributed by atoms with Crippen LogP contribution in [0.3, 0.4) is 0 Å². The van der Waals surface area contributed by atoms with E-state index in [1.54, 1.807) is 6.26 Å². The van der Waals surface area contributed by atoms with Gasteiger partial charge in [0.2, 0.25) is 0 Å². The second-order valence-corrected chi connectivity index (χ2v) is 5.01. The van der Waals surface area contributed by atoms with Crippen LogP contribution in [0.5, 0.6) is 0 Å². The first-order chi connectivity index (χ1) is 10.3. The van der Waals surface area contributed by atoms with Crippen molar-refractivity contribution in [1.29, 1.82) is 0 Å². The molecule has 2 N–H and O–H groups in total. The van der Waals surface area contributed by atoms with E-state index >= 15 is 0 Å². The molecule has 112 valence electrons. The van der Waals surface area contributed by atoms with Crippen molar-refractivity contribution < 1.29 is 4.42 Å². The second-order valence-electron chi connectivity index (χ2n) is 4.58. The lowest BCUT2D eigenvalue weighted by Gasteiger charge is -2.10. The molecule has 1 heterocycles. The van der Waals surface area contributed by atoms with E-state index < -0.39 is 0 Å². The molecule has 0 unspecified atom stereocenters. The van der Waals surface area contributed by atoms with E-state index in [1.807, 2.05) is 43.3 Å². The number of benzene rings is 1. The van der Waals surface area contributed by atoms with E-state index in [9.17, 15) is 0 Å². The van der Waals surface area contributed by atoms with Crippen LogP contribution in [0.1, 0.15) is 18.2 Å². The van der Waals surface area contributed by atoms with Gasteiger partial charge in [0.05, 0.1) is 12.8 Å². The Bertz CT molecular complexity index is 549. The summed E-state index contributed by atoms with van der Waals surface area (Å²) in [5.41, 5.74) is 1.13. The van der Waals surface area contributed by atoms with Gasteiger partial charge in [-0.3, -0.25) is 0 Å². The van der Waals surface area contributed by atoms with Crippen LogP contribution < -0.4 is 10.6 Å². The number of nitrogens with zero attached hydrogens (tertiary/aromatic N) is 1. The number of nitrogens with one attached hydrogen (secondary N) is 2. The number of guanidine groups is 1. The lowest BCUT2D eigenvalue weighted by molar-refractivity contribution is 0.507. The smallest absolute Gasteiger partial charge is 0.191 e. The predicted molar refractivity (Wildman–Crippen MR) is 86.7 cm³/mol. The molecule has 2 rings (SSSR count). The predicted octanol–water partition coefficient (Wildman–Crippen LogP) is 3.23. The fourth-order valence-corrected chi connectivity index (χ4v) is 1.99. The van der Waals surface area contributed by atoms with Crippen molar-refractivity contribution in [1.82, 2.24) is 10.6 Å². The summed E-state index contributed by atoms with van der Waals surface area (Å²) in [5, 5.41) is 7.26. The number of rotatable bonds is 6. The molecule has 0 radical (unpaired) electrons. The maximum absolute atomic E-state index is 5.87. The zero-order valence-corrected chi connectivity index (χ0v) is 12.9. The fourth-order valence-electron chi connectivity index (χ4n) is 1.86. The Morgan fingerprint density at radius 2 is 2.00 bits per heavy atom. The highest BCUT2D eigenvalue weighted by Gasteiger charge is 1.99. The van der Waals surface area contributed by atoms with Crippen LogP contribution in [0.4, 0.5) is 0 Å². The summed E-state index contributed by atoms with van der Waals surface area (Å²) in [6, 6.07) is 11.6. The van der Waals surface area contributed by atoms with Crippen LogP contribution in [-0.2, 0) is 13.0 Å². The summed E-state index contributed by atoms with van der Waals surface area (Å²) in [7, 11) is 0. The number of furan rings is 1. The molecule has 0 aliphatic carbocycles. The van der Waals surface area contributed by atoms with Crippen LogP contribution in [0, 0.1) is 0 Å². The minimum absolute atomic E-state index is 0.618. The molecule has 2 aromatic rings. The fraction of sp³-hybridized carbons (Fsp3) is 0.312. The third-order valence-corrected chi connectivity index (χ3v) is 3.17. The monoisotopic (exact) mass is 305 g/mol. The Balaban J connectivity index is 1.84. The number of aliphatic imine (C=N–C) groups is 1. The highest BCUT2D eigenvalue weighted by molar-refractivity contribution is 6.30. The summed E-state index contributed by atoms with van der Waals surface area (Å²) in [6.45, 7) is 4.27. The summed E-state index contributed by atoms with van der Waals surface area (Å²) in [4.78, 5) is 4.55. The van der Waals surface area contributed by atoms with E-state index in [1.165, 1.54) is 0 Å². The van der Waals surface area contributed by atoms with E-state index in [4.69, 9.17) is 16.0 Å². The third kappa shape index (κ3) is 5.52. The molecule has 0 fully saturated rings. The summed E-state index contributed by atoms with van der Waals surface area (Å²) in [6.07, 6.45) is 2.52. The zero-order chi connectivity index (χ0) is 14.9. The van der Waals surface area contributed by atoms with E-state index in [-0.39, 0.29) is 0 Å². The number of hydrogen-bond acceptors (Lipinski definition) is 2. The molecule has 0 aliphatic heterocycles. The molecule has 4 nitrogen and oxygen atoms in total. The second kappa shape index (κ2) is 8.37. The van der Waals surface area contributed by atoms with Crippen molar-refractivity contribution in [2.75, 3.05) is 13.1 Å². The van der Waals surface area contributed by atoms with Gasteiger partial charge in [0.1, 0.15) is 5.76 Å². The minimum Gasteiger partial charge on any atom is -0.469 e. The molecule has 0 amide bonds. The maximum atomic E-state index is 5.87. The van der Waals surface area contributed by atoms with Gasteiger partial charge in [-0.1, -0.05) is 23.7 Å². The Labute approximate surface area is 130 Å². The summed E-state index contributed by atoms with van der Waals surface area (Å²) < 4.78 is 5.30. The molecule has 21 heavy (non-hydrogen) atoms. The van der Waals surface area contributed by atoms with E-state index in [0.29, 0.717) is 6.54 Å². The standard InChI is InChI=1S/C16H20ClN3O/c1-2-18-16(19-10-9-15-4-3-11-21-15)20-12-13-5-7-14(17)8-6-13/h3-8,11H,2,9-10,12H2,1H3,(H2,18,19,20). The first-order valence-electron chi connectivity index (χ1n) is 7.07. The molecule has 0 saturated carbocycles. The maximum Gasteiger partial charge on any atom is 0.191 e. The lowest BCUT2D eigenvalue weighted by Crippen LogP contribution is -2.38. The van der Waals surface area contributed by atoms with Gasteiger partial charge in [-0.25, -0.2) is 4.99 Å². The molecule has 1 aromatic carbocycles. The minimum atomic E-state index is 0.618. The Morgan fingerprint density at radius 1 is 1.19 bits per heavy atom. The van der Waals surface area contributed by atoms with Gasteiger partial charge in [-0.05, 0) is 36.8 Å². The van der Waals surface area contributed by atoms with Crippen LogP contribution in [0.15, 0.2) is 52.1 Å². The van der Waals surface area contributed by atoms with Gasteiger partial charge in [0.25, 0.3) is 0 Å². The van der Waals surface area contributed by atoms with E-state index in [0.717, 1.165) is 41.8 Å². The molecule has 0 atom stereocenters. The van der Waals surface area contributed by atoms with Crippen molar-refractivity contribution in [2.45, 2.75) is 19.9 Å². The summed E-state index contributed by atoms with van der Waals surface area (Å²) in [5.74, 6) is 1.77. The van der Waals surface area contributed by atoms with Crippen LogP contribution in [0.2, 0.25) is 5.02 Å². The normalized spacial score (nSPS) is 11.4. The first kappa shape index (κ1) is 15.4. The first-order valence-corrected chi connectivity index (χ1v) is 7.44. The van der Waals surface area contributed by atoms with Gasteiger partial charge >= 0.3 is 0 Å². The molecular formula is C16H20ClN3O. The molecule has 0 aliphatic rings. The van der Waals surface area contributed by atoms with Gasteiger partial charge in [-0.15, -0.1) is 0 Å². The molecule has 0 saturated heterocycles. The van der Waals surface area contributed by atoms with Crippen molar-refractivity contribution in [3.8, 4) is 0 Å². The molecule has 0 bridgehead atoms. The van der Waals surface area contributed by atoms with Crippen molar-refractivity contribution in [3.05, 3.63) is 59.0 Å². The van der Waals surface area contributed by atoms with Crippen LogP contribution >= 0.6 is 11.6 Å². The van der Waals surface area contributed by atoms with Crippen molar-refractivity contribution in [2.24, 2.45) is 4.99 Å². The highest BCUT2D eigenvalue weighted by atomic mass is 35.5. The van der Waals surface area contributed by atoms with Gasteiger partial charge in [0.15, 0.2) is 5.96 Å². The average molecular weight is 306 g/mol. The quantitative estimate of drug-likeness (QED) is 0.636. The zero-order valence-electron chi connectivity index (χ0n) is 12.1. The molecule has 1 aromatic heterocycles. The highest BCUT2D eigenvalue weighted by Crippen LogP contribution is 2.10. The van der Waals surface area contributed by atoms with E-state index in [2.05, 4.69) is 15.6 Å². The average Bonchev–Trinajstić information content (AvgIpc) is 3.00. The summed E-state index contributed by atoms with van der Waals surface area (Å²) >= 11 is 5.87. The van der Waals surface area contributed by atoms with Gasteiger partial charge in [-0.2, -0.15) is 0 Å². The van der Waals surface area contributed by atoms with Gasteiger partial charge in [0, 0.05) is 24.5 Å². The SMILES string of the molecule is CCNC(=NCc1ccc(Cl)cc1)NCCc1ccco1. The lowest BCUT2D eigenvalue weighted by atomic mass is 10.2. The van der Waals surface area contributed by atoms with Crippen LogP contribution in [0.25, 0.3) is 0 Å². The Hall–Kier alpha value is -1.94. The molecular weight excluding hydrogens is 286 g/mol. The number of hydrogen-bond donors (Lipinski definition) is 2. The third-order valence-electron chi connectivity index (χ3n) is 2.92. The Kier molecular flexibility index (Phi) is 6.16.